The number of aromatic nitrogens is 2. The van der Waals surface area contributed by atoms with Crippen molar-refractivity contribution in [3.8, 4) is 5.69 Å². The largest absolute Gasteiger partial charge is 0.380 e. The zero-order chi connectivity index (χ0) is 16.5. The van der Waals surface area contributed by atoms with Gasteiger partial charge >= 0.3 is 0 Å². The summed E-state index contributed by atoms with van der Waals surface area (Å²) in [6.45, 7) is 4.27. The maximum absolute atomic E-state index is 13.1. The van der Waals surface area contributed by atoms with Gasteiger partial charge in [0.25, 0.3) is 5.91 Å². The van der Waals surface area contributed by atoms with Gasteiger partial charge in [0.15, 0.2) is 5.69 Å². The lowest BCUT2D eigenvalue weighted by molar-refractivity contribution is 0.0315. The molecule has 2 fully saturated rings. The maximum Gasteiger partial charge on any atom is 0.274 e. The number of benzene rings is 1. The summed E-state index contributed by atoms with van der Waals surface area (Å²) in [5, 5.41) is 4.98. The first-order valence-corrected chi connectivity index (χ1v) is 9.41. The number of carbonyl (C=O) groups excluding carboxylic acids is 1. The number of para-hydroxylation sites is 1. The van der Waals surface area contributed by atoms with E-state index >= 15 is 0 Å². The van der Waals surface area contributed by atoms with Crippen LogP contribution in [0.2, 0.25) is 0 Å². The Bertz CT molecular complexity index is 729. The third kappa shape index (κ3) is 2.84. The third-order valence-electron chi connectivity index (χ3n) is 4.70. The fourth-order valence-electron chi connectivity index (χ4n) is 3.49. The Balaban J connectivity index is 1.60. The van der Waals surface area contributed by atoms with Crippen molar-refractivity contribution >= 4 is 17.7 Å². The molecule has 0 bridgehead atoms. The molecule has 2 aromatic rings. The minimum Gasteiger partial charge on any atom is -0.380 e. The molecule has 0 aliphatic carbocycles. The van der Waals surface area contributed by atoms with Crippen LogP contribution < -0.4 is 0 Å². The topological polar surface area (TPSA) is 47.4 Å². The molecule has 2 atom stereocenters. The summed E-state index contributed by atoms with van der Waals surface area (Å²) < 4.78 is 7.42. The first-order chi connectivity index (χ1) is 11.7. The number of ether oxygens (including phenoxy) is 1. The van der Waals surface area contributed by atoms with Crippen LogP contribution in [0.25, 0.3) is 5.69 Å². The zero-order valence-corrected chi connectivity index (χ0v) is 14.5. The van der Waals surface area contributed by atoms with Crippen molar-refractivity contribution in [3.63, 3.8) is 0 Å². The molecule has 2 saturated heterocycles. The van der Waals surface area contributed by atoms with Gasteiger partial charge in [-0.1, -0.05) is 18.2 Å². The number of rotatable bonds is 2. The molecule has 2 aliphatic heterocycles. The highest BCUT2D eigenvalue weighted by molar-refractivity contribution is 8.00. The Labute approximate surface area is 146 Å². The van der Waals surface area contributed by atoms with Crippen LogP contribution in [0.1, 0.15) is 22.6 Å². The average Bonchev–Trinajstić information content (AvgIpc) is 3.03. The fraction of sp³-hybridized carbons (Fsp3) is 0.444. The van der Waals surface area contributed by atoms with Crippen molar-refractivity contribution in [1.29, 1.82) is 0 Å². The molecule has 126 valence electrons. The van der Waals surface area contributed by atoms with Gasteiger partial charge in [-0.3, -0.25) is 4.79 Å². The van der Waals surface area contributed by atoms with Crippen molar-refractivity contribution < 1.29 is 9.53 Å². The Kier molecular flexibility index (Phi) is 4.33. The molecule has 0 N–H and O–H groups in total. The molecule has 6 heteroatoms. The van der Waals surface area contributed by atoms with E-state index in [2.05, 4.69) is 5.10 Å². The molecule has 0 unspecified atom stereocenters. The summed E-state index contributed by atoms with van der Waals surface area (Å²) in [6, 6.07) is 12.1. The summed E-state index contributed by atoms with van der Waals surface area (Å²) in [6.07, 6.45) is 0.918. The van der Waals surface area contributed by atoms with Crippen LogP contribution in [0.5, 0.6) is 0 Å². The Hall–Kier alpha value is -1.79. The van der Waals surface area contributed by atoms with Gasteiger partial charge in [0.05, 0.1) is 12.3 Å². The van der Waals surface area contributed by atoms with E-state index in [9.17, 15) is 4.79 Å². The molecule has 5 nitrogen and oxygen atoms in total. The number of amides is 1. The summed E-state index contributed by atoms with van der Waals surface area (Å²) in [7, 11) is 0. The quantitative estimate of drug-likeness (QED) is 0.841. The first-order valence-electron chi connectivity index (χ1n) is 8.36. The second-order valence-corrected chi connectivity index (χ2v) is 7.60. The van der Waals surface area contributed by atoms with Crippen molar-refractivity contribution in [2.75, 3.05) is 25.5 Å². The highest BCUT2D eigenvalue weighted by Gasteiger charge is 2.37. The highest BCUT2D eigenvalue weighted by atomic mass is 32.2. The van der Waals surface area contributed by atoms with E-state index in [-0.39, 0.29) is 11.9 Å². The molecule has 1 aromatic heterocycles. The van der Waals surface area contributed by atoms with E-state index < -0.39 is 0 Å². The van der Waals surface area contributed by atoms with Crippen LogP contribution in [0, 0.1) is 6.92 Å². The van der Waals surface area contributed by atoms with Crippen LogP contribution in [-0.2, 0) is 4.74 Å². The molecular weight excluding hydrogens is 322 g/mol. The molecule has 0 radical (unpaired) electrons. The van der Waals surface area contributed by atoms with Gasteiger partial charge in [0, 0.05) is 35.9 Å². The third-order valence-corrected chi connectivity index (χ3v) is 6.00. The summed E-state index contributed by atoms with van der Waals surface area (Å²) in [4.78, 5) is 15.1. The van der Waals surface area contributed by atoms with Gasteiger partial charge in [-0.25, -0.2) is 4.68 Å². The lowest BCUT2D eigenvalue weighted by Gasteiger charge is -2.43. The molecule has 1 amide bonds. The van der Waals surface area contributed by atoms with Crippen LogP contribution in [0.4, 0.5) is 0 Å². The Morgan fingerprint density at radius 1 is 1.33 bits per heavy atom. The van der Waals surface area contributed by atoms with Crippen LogP contribution in [0.3, 0.4) is 0 Å². The van der Waals surface area contributed by atoms with Crippen molar-refractivity contribution in [1.82, 2.24) is 14.7 Å². The number of hydrogen-bond donors (Lipinski definition) is 0. The number of carbonyl (C=O) groups is 1. The average molecular weight is 343 g/mol. The lowest BCUT2D eigenvalue weighted by atomic mass is 10.1. The van der Waals surface area contributed by atoms with E-state index in [1.165, 1.54) is 0 Å². The van der Waals surface area contributed by atoms with Gasteiger partial charge in [-0.05, 0) is 31.5 Å². The normalized spacial score (nSPS) is 23.8. The molecule has 0 saturated carbocycles. The Morgan fingerprint density at radius 2 is 2.17 bits per heavy atom. The van der Waals surface area contributed by atoms with E-state index in [0.717, 1.165) is 43.3 Å². The van der Waals surface area contributed by atoms with Gasteiger partial charge in [0.2, 0.25) is 0 Å². The number of fused-ring (bicyclic) bond motifs is 1. The number of aryl methyl sites for hydroxylation is 1. The molecule has 4 rings (SSSR count). The molecular formula is C18H21N3O2S. The van der Waals surface area contributed by atoms with Crippen molar-refractivity contribution in [3.05, 3.63) is 47.8 Å². The SMILES string of the molecule is Cc1cc(C(=O)N2CCS[C@@H]3COCC[C@@H]32)nn1-c1ccccc1. The van der Waals surface area contributed by atoms with Crippen molar-refractivity contribution in [2.45, 2.75) is 24.6 Å². The molecule has 0 spiro atoms. The summed E-state index contributed by atoms with van der Waals surface area (Å²) >= 11 is 1.92. The predicted molar refractivity (Wildman–Crippen MR) is 94.8 cm³/mol. The molecule has 3 heterocycles. The van der Waals surface area contributed by atoms with E-state index in [1.54, 1.807) is 0 Å². The second kappa shape index (κ2) is 6.61. The number of thioether (sulfide) groups is 1. The minimum atomic E-state index is 0.0463. The molecule has 1 aromatic carbocycles. The zero-order valence-electron chi connectivity index (χ0n) is 13.7. The summed E-state index contributed by atoms with van der Waals surface area (Å²) in [5.74, 6) is 1.01. The van der Waals surface area contributed by atoms with Crippen LogP contribution >= 0.6 is 11.8 Å². The van der Waals surface area contributed by atoms with Gasteiger partial charge in [-0.15, -0.1) is 0 Å². The number of nitrogens with zero attached hydrogens (tertiary/aromatic N) is 3. The monoisotopic (exact) mass is 343 g/mol. The first kappa shape index (κ1) is 15.7. The van der Waals surface area contributed by atoms with E-state index in [0.29, 0.717) is 10.9 Å². The lowest BCUT2D eigenvalue weighted by Crippen LogP contribution is -2.54. The standard InChI is InChI=1S/C18H21N3O2S/c1-13-11-15(19-21(13)14-5-3-2-4-6-14)18(22)20-8-10-24-17-12-23-9-7-16(17)20/h2-6,11,16-17H,7-10,12H2,1H3/t16-,17+/m0/s1. The molecule has 24 heavy (non-hydrogen) atoms. The minimum absolute atomic E-state index is 0.0463. The van der Waals surface area contributed by atoms with Crippen molar-refractivity contribution in [2.24, 2.45) is 0 Å². The predicted octanol–water partition coefficient (Wildman–Crippen LogP) is 2.53. The maximum atomic E-state index is 13.1. The van der Waals surface area contributed by atoms with Crippen LogP contribution in [0.15, 0.2) is 36.4 Å². The van der Waals surface area contributed by atoms with E-state index in [1.807, 2.05) is 64.7 Å². The number of hydrogen-bond acceptors (Lipinski definition) is 4. The molecule has 2 aliphatic rings. The summed E-state index contributed by atoms with van der Waals surface area (Å²) in [5.41, 5.74) is 2.49. The Morgan fingerprint density at radius 3 is 3.00 bits per heavy atom. The van der Waals surface area contributed by atoms with Gasteiger partial charge in [0.1, 0.15) is 0 Å². The van der Waals surface area contributed by atoms with E-state index in [4.69, 9.17) is 4.74 Å². The van der Waals surface area contributed by atoms with Gasteiger partial charge < -0.3 is 9.64 Å². The smallest absolute Gasteiger partial charge is 0.274 e. The van der Waals surface area contributed by atoms with Crippen LogP contribution in [-0.4, -0.2) is 57.4 Å². The second-order valence-electron chi connectivity index (χ2n) is 6.26. The van der Waals surface area contributed by atoms with Gasteiger partial charge in [-0.2, -0.15) is 16.9 Å². The highest BCUT2D eigenvalue weighted by Crippen LogP contribution is 2.31. The fourth-order valence-corrected chi connectivity index (χ4v) is 4.80.